The van der Waals surface area contributed by atoms with Crippen LogP contribution in [0.25, 0.3) is 0 Å². The number of carbonyl (C=O) groups is 1. The van der Waals surface area contributed by atoms with Crippen molar-refractivity contribution in [3.05, 3.63) is 23.8 Å². The standard InChI is InChI=1S/C14H18N2O2/c1-9-8-16-12-7-10(4-5-13(12)18-9)14(17)11-3-2-6-15-11/h4-5,7,9,11,15-16H,2-3,6,8H2,1H3. The molecule has 4 nitrogen and oxygen atoms in total. The lowest BCUT2D eigenvalue weighted by molar-refractivity contribution is 0.0952. The Bertz CT molecular complexity index is 467. The Balaban J connectivity index is 1.83. The minimum absolute atomic E-state index is 0.00789. The summed E-state index contributed by atoms with van der Waals surface area (Å²) >= 11 is 0. The highest BCUT2D eigenvalue weighted by atomic mass is 16.5. The van der Waals surface area contributed by atoms with Crippen LogP contribution < -0.4 is 15.4 Å². The molecule has 96 valence electrons. The summed E-state index contributed by atoms with van der Waals surface area (Å²) < 4.78 is 5.70. The summed E-state index contributed by atoms with van der Waals surface area (Å²) in [5.74, 6) is 1.03. The van der Waals surface area contributed by atoms with Crippen molar-refractivity contribution in [2.45, 2.75) is 31.9 Å². The summed E-state index contributed by atoms with van der Waals surface area (Å²) in [5, 5.41) is 6.54. The second-order valence-corrected chi connectivity index (χ2v) is 5.03. The van der Waals surface area contributed by atoms with E-state index in [9.17, 15) is 4.79 Å². The van der Waals surface area contributed by atoms with Crippen LogP contribution in [0, 0.1) is 0 Å². The Labute approximate surface area is 107 Å². The van der Waals surface area contributed by atoms with Gasteiger partial charge in [-0.05, 0) is 44.5 Å². The van der Waals surface area contributed by atoms with Gasteiger partial charge < -0.3 is 15.4 Å². The Morgan fingerprint density at radius 3 is 3.11 bits per heavy atom. The van der Waals surface area contributed by atoms with Crippen LogP contribution in [0.1, 0.15) is 30.1 Å². The first-order chi connectivity index (χ1) is 8.74. The number of hydrogen-bond donors (Lipinski definition) is 2. The van der Waals surface area contributed by atoms with Gasteiger partial charge >= 0.3 is 0 Å². The molecular formula is C14H18N2O2. The zero-order valence-electron chi connectivity index (χ0n) is 10.5. The summed E-state index contributed by atoms with van der Waals surface area (Å²) in [7, 11) is 0. The van der Waals surface area contributed by atoms with E-state index in [1.807, 2.05) is 25.1 Å². The van der Waals surface area contributed by atoms with Gasteiger partial charge in [-0.1, -0.05) is 0 Å². The van der Waals surface area contributed by atoms with Crippen molar-refractivity contribution in [2.75, 3.05) is 18.4 Å². The van der Waals surface area contributed by atoms with Crippen LogP contribution in [-0.4, -0.2) is 31.0 Å². The van der Waals surface area contributed by atoms with Gasteiger partial charge in [0.05, 0.1) is 18.3 Å². The molecule has 2 aliphatic rings. The molecule has 1 fully saturated rings. The molecule has 0 aliphatic carbocycles. The summed E-state index contributed by atoms with van der Waals surface area (Å²) in [5.41, 5.74) is 1.69. The lowest BCUT2D eigenvalue weighted by Crippen LogP contribution is -2.31. The predicted molar refractivity (Wildman–Crippen MR) is 70.4 cm³/mol. The number of ether oxygens (including phenoxy) is 1. The van der Waals surface area contributed by atoms with Crippen LogP contribution in [0.4, 0.5) is 5.69 Å². The van der Waals surface area contributed by atoms with Crippen molar-refractivity contribution in [1.82, 2.24) is 5.32 Å². The highest BCUT2D eigenvalue weighted by molar-refractivity contribution is 6.01. The van der Waals surface area contributed by atoms with Crippen LogP contribution in [0.15, 0.2) is 18.2 Å². The molecule has 0 aromatic heterocycles. The number of hydrogen-bond acceptors (Lipinski definition) is 4. The summed E-state index contributed by atoms with van der Waals surface area (Å²) in [6, 6.07) is 5.65. The first-order valence-corrected chi connectivity index (χ1v) is 6.56. The summed E-state index contributed by atoms with van der Waals surface area (Å²) in [6.07, 6.45) is 2.20. The fourth-order valence-electron chi connectivity index (χ4n) is 2.55. The minimum Gasteiger partial charge on any atom is -0.487 e. The lowest BCUT2D eigenvalue weighted by atomic mass is 10.0. The fraction of sp³-hybridized carbons (Fsp3) is 0.500. The molecule has 1 aromatic carbocycles. The SMILES string of the molecule is CC1CNc2cc(C(=O)C3CCCN3)ccc2O1. The molecule has 0 spiro atoms. The second kappa shape index (κ2) is 4.61. The zero-order chi connectivity index (χ0) is 12.5. The number of Topliss-reactive ketones (excluding diaryl/α,β-unsaturated/α-hetero) is 1. The monoisotopic (exact) mass is 246 g/mol. The van der Waals surface area contributed by atoms with E-state index in [1.54, 1.807) is 0 Å². The third kappa shape index (κ3) is 2.08. The van der Waals surface area contributed by atoms with E-state index in [0.29, 0.717) is 0 Å². The number of rotatable bonds is 2. The number of anilines is 1. The molecule has 1 aromatic rings. The molecule has 0 bridgehead atoms. The maximum Gasteiger partial charge on any atom is 0.179 e. The van der Waals surface area contributed by atoms with Gasteiger partial charge in [0.25, 0.3) is 0 Å². The smallest absolute Gasteiger partial charge is 0.179 e. The van der Waals surface area contributed by atoms with Crippen molar-refractivity contribution in [3.63, 3.8) is 0 Å². The van der Waals surface area contributed by atoms with Crippen LogP contribution in [-0.2, 0) is 0 Å². The average Bonchev–Trinajstić information content (AvgIpc) is 2.91. The highest BCUT2D eigenvalue weighted by Gasteiger charge is 2.24. The Morgan fingerprint density at radius 2 is 2.33 bits per heavy atom. The van der Waals surface area contributed by atoms with Gasteiger partial charge in [0.2, 0.25) is 0 Å². The van der Waals surface area contributed by atoms with Gasteiger partial charge in [0, 0.05) is 5.56 Å². The Morgan fingerprint density at radius 1 is 1.44 bits per heavy atom. The molecule has 4 heteroatoms. The lowest BCUT2D eigenvalue weighted by Gasteiger charge is -2.25. The van der Waals surface area contributed by atoms with Gasteiger partial charge in [-0.25, -0.2) is 0 Å². The normalized spacial score (nSPS) is 26.1. The second-order valence-electron chi connectivity index (χ2n) is 5.03. The van der Waals surface area contributed by atoms with Crippen molar-refractivity contribution in [3.8, 4) is 5.75 Å². The molecule has 2 unspecified atom stereocenters. The summed E-state index contributed by atoms with van der Waals surface area (Å²) in [4.78, 5) is 12.3. The highest BCUT2D eigenvalue weighted by Crippen LogP contribution is 2.30. The largest absolute Gasteiger partial charge is 0.487 e. The zero-order valence-corrected chi connectivity index (χ0v) is 10.5. The van der Waals surface area contributed by atoms with E-state index in [4.69, 9.17) is 4.74 Å². The molecule has 0 saturated carbocycles. The third-order valence-corrected chi connectivity index (χ3v) is 3.55. The van der Waals surface area contributed by atoms with Crippen molar-refractivity contribution < 1.29 is 9.53 Å². The van der Waals surface area contributed by atoms with Gasteiger partial charge in [-0.2, -0.15) is 0 Å². The van der Waals surface area contributed by atoms with Crippen molar-refractivity contribution >= 4 is 11.5 Å². The Kier molecular flexibility index (Phi) is 2.96. The number of carbonyl (C=O) groups excluding carboxylic acids is 1. The fourth-order valence-corrected chi connectivity index (χ4v) is 2.55. The maximum atomic E-state index is 12.3. The van der Waals surface area contributed by atoms with Gasteiger partial charge in [-0.15, -0.1) is 0 Å². The molecule has 2 N–H and O–H groups in total. The van der Waals surface area contributed by atoms with Crippen molar-refractivity contribution in [2.24, 2.45) is 0 Å². The van der Waals surface area contributed by atoms with Crippen molar-refractivity contribution in [1.29, 1.82) is 0 Å². The number of fused-ring (bicyclic) bond motifs is 1. The molecular weight excluding hydrogens is 228 g/mol. The maximum absolute atomic E-state index is 12.3. The molecule has 0 radical (unpaired) electrons. The Hall–Kier alpha value is -1.55. The molecule has 18 heavy (non-hydrogen) atoms. The first kappa shape index (κ1) is 11.5. The number of ketones is 1. The molecule has 0 amide bonds. The predicted octanol–water partition coefficient (Wildman–Crippen LogP) is 1.81. The van der Waals surface area contributed by atoms with E-state index in [2.05, 4.69) is 10.6 Å². The van der Waals surface area contributed by atoms with Gasteiger partial charge in [0.1, 0.15) is 11.9 Å². The minimum atomic E-state index is -0.00789. The van der Waals surface area contributed by atoms with E-state index < -0.39 is 0 Å². The van der Waals surface area contributed by atoms with Crippen LogP contribution in [0.3, 0.4) is 0 Å². The van der Waals surface area contributed by atoms with E-state index in [-0.39, 0.29) is 17.9 Å². The number of benzene rings is 1. The number of nitrogens with one attached hydrogen (secondary N) is 2. The molecule has 3 rings (SSSR count). The van der Waals surface area contributed by atoms with E-state index >= 15 is 0 Å². The average molecular weight is 246 g/mol. The van der Waals surface area contributed by atoms with Gasteiger partial charge in [0.15, 0.2) is 5.78 Å². The van der Waals surface area contributed by atoms with Crippen LogP contribution in [0.5, 0.6) is 5.75 Å². The van der Waals surface area contributed by atoms with Gasteiger partial charge in [-0.3, -0.25) is 4.79 Å². The summed E-state index contributed by atoms with van der Waals surface area (Å²) in [6.45, 7) is 3.75. The molecule has 2 heterocycles. The van der Waals surface area contributed by atoms with E-state index in [0.717, 1.165) is 42.9 Å². The molecule has 2 atom stereocenters. The van der Waals surface area contributed by atoms with Crippen LogP contribution in [0.2, 0.25) is 0 Å². The third-order valence-electron chi connectivity index (χ3n) is 3.55. The molecule has 2 aliphatic heterocycles. The topological polar surface area (TPSA) is 50.4 Å². The van der Waals surface area contributed by atoms with Crippen LogP contribution >= 0.6 is 0 Å². The quantitative estimate of drug-likeness (QED) is 0.781. The van der Waals surface area contributed by atoms with E-state index in [1.165, 1.54) is 0 Å². The molecule has 1 saturated heterocycles. The first-order valence-electron chi connectivity index (χ1n) is 6.56.